The number of imide groups is 1. The Hall–Kier alpha value is -3.44. The molecule has 6 rings (SSSR count). The Morgan fingerprint density at radius 2 is 1.04 bits per heavy atom. The average Bonchev–Trinajstić information content (AvgIpc) is 2.89. The van der Waals surface area contributed by atoms with E-state index in [1.54, 1.807) is 0 Å². The van der Waals surface area contributed by atoms with Crippen LogP contribution in [0.25, 0.3) is 0 Å². The van der Waals surface area contributed by atoms with Crippen LogP contribution in [0.2, 0.25) is 0 Å². The van der Waals surface area contributed by atoms with Crippen molar-refractivity contribution in [2.45, 2.75) is 11.8 Å². The van der Waals surface area contributed by atoms with Crippen molar-refractivity contribution in [3.63, 3.8) is 0 Å². The minimum absolute atomic E-state index is 0.638. The molecule has 118 valence electrons. The third-order valence-electron chi connectivity index (χ3n) is 6.02. The molecule has 1 N–H and O–H groups in total. The summed E-state index contributed by atoms with van der Waals surface area (Å²) < 4.78 is 0. The number of carbonyl (C=O) groups is 2. The molecule has 2 aromatic carbocycles. The fourth-order valence-corrected chi connectivity index (χ4v) is 5.12. The van der Waals surface area contributed by atoms with Crippen molar-refractivity contribution in [2.24, 2.45) is 10.8 Å². The maximum atomic E-state index is 12.8. The van der Waals surface area contributed by atoms with Crippen molar-refractivity contribution < 1.29 is 9.59 Å². The van der Waals surface area contributed by atoms with Crippen LogP contribution in [0.4, 0.5) is 0 Å². The average molecular weight is 325 g/mol. The van der Waals surface area contributed by atoms with Gasteiger partial charge in [-0.15, -0.1) is 0 Å². The molecule has 4 aliphatic rings. The number of nitrogens with zero attached hydrogens (tertiary/aromatic N) is 2. The van der Waals surface area contributed by atoms with E-state index in [-0.39, 0.29) is 0 Å². The zero-order chi connectivity index (χ0) is 17.4. The molecule has 1 fully saturated rings. The molecule has 0 aromatic heterocycles. The van der Waals surface area contributed by atoms with Crippen LogP contribution in [0.1, 0.15) is 34.1 Å². The number of hydrogen-bond acceptors (Lipinski definition) is 4. The molecule has 2 atom stereocenters. The summed E-state index contributed by atoms with van der Waals surface area (Å²) in [5.41, 5.74) is -0.0859. The van der Waals surface area contributed by atoms with Gasteiger partial charge in [-0.3, -0.25) is 14.9 Å². The molecule has 1 saturated heterocycles. The van der Waals surface area contributed by atoms with E-state index < -0.39 is 34.5 Å². The minimum atomic E-state index is -1.74. The molecule has 2 bridgehead atoms. The highest BCUT2D eigenvalue weighted by Crippen LogP contribution is 2.71. The Labute approximate surface area is 143 Å². The van der Waals surface area contributed by atoms with E-state index in [0.717, 1.165) is 22.3 Å². The van der Waals surface area contributed by atoms with E-state index in [9.17, 15) is 20.1 Å². The smallest absolute Gasteiger partial charge is 0.250 e. The summed E-state index contributed by atoms with van der Waals surface area (Å²) in [5.74, 6) is -2.61. The van der Waals surface area contributed by atoms with E-state index in [4.69, 9.17) is 0 Å². The summed E-state index contributed by atoms with van der Waals surface area (Å²) in [4.78, 5) is 25.7. The van der Waals surface area contributed by atoms with Gasteiger partial charge in [-0.05, 0) is 22.3 Å². The molecule has 0 radical (unpaired) electrons. The van der Waals surface area contributed by atoms with Crippen LogP contribution in [0, 0.1) is 33.5 Å². The first-order valence-corrected chi connectivity index (χ1v) is 7.99. The number of hydrogen-bond donors (Lipinski definition) is 1. The SMILES string of the molecule is N#C[C@@]12C(=O)NC(=O)[C@@]1(C#N)C1c3ccccc3C2c2ccccc21. The maximum Gasteiger partial charge on any atom is 0.250 e. The van der Waals surface area contributed by atoms with Crippen LogP contribution >= 0.6 is 0 Å². The van der Waals surface area contributed by atoms with Gasteiger partial charge in [-0.25, -0.2) is 0 Å². The van der Waals surface area contributed by atoms with Crippen molar-refractivity contribution in [3.8, 4) is 12.1 Å². The van der Waals surface area contributed by atoms with Crippen LogP contribution in [-0.2, 0) is 9.59 Å². The van der Waals surface area contributed by atoms with Crippen LogP contribution in [0.15, 0.2) is 48.5 Å². The zero-order valence-corrected chi connectivity index (χ0v) is 13.0. The van der Waals surface area contributed by atoms with Crippen LogP contribution in [0.3, 0.4) is 0 Å². The lowest BCUT2D eigenvalue weighted by Crippen LogP contribution is -2.57. The van der Waals surface area contributed by atoms with E-state index >= 15 is 0 Å². The van der Waals surface area contributed by atoms with Crippen LogP contribution in [0.5, 0.6) is 0 Å². The van der Waals surface area contributed by atoms with Gasteiger partial charge in [0.1, 0.15) is 0 Å². The molecule has 1 heterocycles. The van der Waals surface area contributed by atoms with Crippen molar-refractivity contribution in [1.82, 2.24) is 5.32 Å². The third-order valence-corrected chi connectivity index (χ3v) is 6.02. The topological polar surface area (TPSA) is 93.8 Å². The lowest BCUT2D eigenvalue weighted by atomic mass is 9.42. The van der Waals surface area contributed by atoms with Crippen LogP contribution < -0.4 is 5.32 Å². The molecule has 5 nitrogen and oxygen atoms in total. The Balaban J connectivity index is 2.03. The van der Waals surface area contributed by atoms with E-state index in [1.807, 2.05) is 48.5 Å². The zero-order valence-electron chi connectivity index (χ0n) is 13.0. The molecule has 3 aliphatic carbocycles. The van der Waals surface area contributed by atoms with Gasteiger partial charge in [-0.2, -0.15) is 10.5 Å². The number of carbonyl (C=O) groups excluding carboxylic acids is 2. The normalized spacial score (nSPS) is 33.5. The maximum absolute atomic E-state index is 12.8. The van der Waals surface area contributed by atoms with Gasteiger partial charge >= 0.3 is 0 Å². The Kier molecular flexibility index (Phi) is 2.31. The van der Waals surface area contributed by atoms with Gasteiger partial charge in [0.05, 0.1) is 12.1 Å². The molecule has 2 amide bonds. The highest BCUT2D eigenvalue weighted by Gasteiger charge is 2.79. The van der Waals surface area contributed by atoms with Crippen molar-refractivity contribution in [2.75, 3.05) is 0 Å². The summed E-state index contributed by atoms with van der Waals surface area (Å²) >= 11 is 0. The Morgan fingerprint density at radius 1 is 0.720 bits per heavy atom. The van der Waals surface area contributed by atoms with Crippen molar-refractivity contribution >= 4 is 11.8 Å². The Morgan fingerprint density at radius 3 is 1.32 bits per heavy atom. The number of nitriles is 2. The summed E-state index contributed by atoms with van der Waals surface area (Å²) in [6.45, 7) is 0. The van der Waals surface area contributed by atoms with Crippen LogP contribution in [-0.4, -0.2) is 11.8 Å². The third kappa shape index (κ3) is 1.18. The second-order valence-electron chi connectivity index (χ2n) is 6.75. The molecule has 5 heteroatoms. The van der Waals surface area contributed by atoms with Gasteiger partial charge in [0.25, 0.3) is 0 Å². The highest BCUT2D eigenvalue weighted by molar-refractivity contribution is 6.15. The van der Waals surface area contributed by atoms with Gasteiger partial charge in [-0.1, -0.05) is 48.5 Å². The summed E-state index contributed by atoms with van der Waals surface area (Å²) in [7, 11) is 0. The predicted molar refractivity (Wildman–Crippen MR) is 85.8 cm³/mol. The second kappa shape index (κ2) is 4.15. The first-order chi connectivity index (χ1) is 12.1. The summed E-state index contributed by atoms with van der Waals surface area (Å²) in [6, 6.07) is 19.2. The summed E-state index contributed by atoms with van der Waals surface area (Å²) in [6.07, 6.45) is 0. The van der Waals surface area contributed by atoms with E-state index in [0.29, 0.717) is 0 Å². The van der Waals surface area contributed by atoms with Gasteiger partial charge in [0.15, 0.2) is 10.8 Å². The highest BCUT2D eigenvalue weighted by atomic mass is 16.2. The van der Waals surface area contributed by atoms with Crippen molar-refractivity contribution in [1.29, 1.82) is 10.5 Å². The first kappa shape index (κ1) is 13.9. The molecular weight excluding hydrogens is 314 g/mol. The van der Waals surface area contributed by atoms with Crippen molar-refractivity contribution in [3.05, 3.63) is 70.8 Å². The quantitative estimate of drug-likeness (QED) is 0.749. The molecule has 0 unspecified atom stereocenters. The second-order valence-corrected chi connectivity index (χ2v) is 6.75. The number of benzene rings is 2. The molecule has 2 aromatic rings. The number of nitrogens with one attached hydrogen (secondary N) is 1. The molecule has 0 spiro atoms. The fraction of sp³-hybridized carbons (Fsp3) is 0.200. The van der Waals surface area contributed by atoms with E-state index in [2.05, 4.69) is 17.5 Å². The standard InChI is InChI=1S/C20H11N3O2/c21-9-19-15-11-5-1-2-6-12(11)16(14-8-4-3-7-13(14)15)20(19,10-22)18(25)23-17(19)24/h1-8,15-16H,(H,23,24,25)/t15?,16?,19-,20-/m1/s1. The lowest BCUT2D eigenvalue weighted by molar-refractivity contribution is -0.130. The monoisotopic (exact) mass is 325 g/mol. The van der Waals surface area contributed by atoms with E-state index in [1.165, 1.54) is 0 Å². The number of rotatable bonds is 0. The largest absolute Gasteiger partial charge is 0.293 e. The predicted octanol–water partition coefficient (Wildman–Crippen LogP) is 1.95. The molecule has 0 saturated carbocycles. The molecule has 1 aliphatic heterocycles. The van der Waals surface area contributed by atoms with Gasteiger partial charge in [0, 0.05) is 11.8 Å². The van der Waals surface area contributed by atoms with Gasteiger partial charge in [0.2, 0.25) is 11.8 Å². The summed E-state index contributed by atoms with van der Waals surface area (Å²) in [5, 5.41) is 22.5. The minimum Gasteiger partial charge on any atom is -0.293 e. The lowest BCUT2D eigenvalue weighted by Gasteiger charge is -2.53. The first-order valence-electron chi connectivity index (χ1n) is 7.99. The molecule has 25 heavy (non-hydrogen) atoms. The Bertz CT molecular complexity index is 945. The van der Waals surface area contributed by atoms with Gasteiger partial charge < -0.3 is 0 Å². The fourth-order valence-electron chi connectivity index (χ4n) is 5.12. The number of amides is 2. The molecular formula is C20H11N3O2.